The van der Waals surface area contributed by atoms with Crippen LogP contribution in [0, 0.1) is 0 Å². The van der Waals surface area contributed by atoms with Gasteiger partial charge in [-0.1, -0.05) is 18.2 Å². The molecule has 17 heavy (non-hydrogen) atoms. The summed E-state index contributed by atoms with van der Waals surface area (Å²) < 4.78 is 0. The molecule has 1 unspecified atom stereocenters. The molecule has 0 radical (unpaired) electrons. The number of likely N-dealkylation sites (N-methyl/N-ethyl adjacent to an activating group) is 1. The fourth-order valence-corrected chi connectivity index (χ4v) is 3.01. The van der Waals surface area contributed by atoms with E-state index in [1.807, 2.05) is 6.92 Å². The molecular weight excluding hydrogens is 212 g/mol. The summed E-state index contributed by atoms with van der Waals surface area (Å²) in [6, 6.07) is 6.34. The van der Waals surface area contributed by atoms with Crippen LogP contribution in [0.15, 0.2) is 18.2 Å². The van der Waals surface area contributed by atoms with Crippen LogP contribution in [-0.2, 0) is 12.1 Å². The summed E-state index contributed by atoms with van der Waals surface area (Å²) in [4.78, 5) is 4.79. The molecule has 0 saturated carbocycles. The molecule has 0 spiro atoms. The van der Waals surface area contributed by atoms with Crippen molar-refractivity contribution in [3.8, 4) is 0 Å². The minimum Gasteiger partial charge on any atom is -0.385 e. The summed E-state index contributed by atoms with van der Waals surface area (Å²) >= 11 is 0. The third-order valence-corrected chi connectivity index (χ3v) is 4.08. The van der Waals surface area contributed by atoms with Crippen LogP contribution in [0.4, 0.5) is 5.69 Å². The van der Waals surface area contributed by atoms with E-state index >= 15 is 0 Å². The summed E-state index contributed by atoms with van der Waals surface area (Å²) in [5.74, 6) is 0. The quantitative estimate of drug-likeness (QED) is 0.735. The van der Waals surface area contributed by atoms with Gasteiger partial charge in [0, 0.05) is 37.4 Å². The van der Waals surface area contributed by atoms with Crippen molar-refractivity contribution < 1.29 is 5.11 Å². The van der Waals surface area contributed by atoms with Crippen LogP contribution in [0.25, 0.3) is 0 Å². The third-order valence-electron chi connectivity index (χ3n) is 4.08. The molecule has 92 valence electrons. The molecule has 0 saturated heterocycles. The highest BCUT2D eigenvalue weighted by molar-refractivity contribution is 5.64. The topological polar surface area (TPSA) is 26.7 Å². The molecular formula is C14H20N2O. The maximum atomic E-state index is 10.5. The van der Waals surface area contributed by atoms with Crippen LogP contribution in [0.3, 0.4) is 0 Å². The van der Waals surface area contributed by atoms with E-state index in [0.717, 1.165) is 38.2 Å². The monoisotopic (exact) mass is 232 g/mol. The number of rotatable bonds is 0. The number of para-hydroxylation sites is 1. The van der Waals surface area contributed by atoms with Gasteiger partial charge in [-0.3, -0.25) is 0 Å². The fraction of sp³-hybridized carbons (Fsp3) is 0.571. The molecule has 1 atom stereocenters. The SMILES string of the molecule is CN1CCN2CCC(C)(O)c3cccc(c32)C1. The molecule has 1 aromatic carbocycles. The van der Waals surface area contributed by atoms with E-state index in [2.05, 4.69) is 35.0 Å². The lowest BCUT2D eigenvalue weighted by Crippen LogP contribution is -2.40. The van der Waals surface area contributed by atoms with Gasteiger partial charge in [-0.25, -0.2) is 0 Å². The van der Waals surface area contributed by atoms with Gasteiger partial charge in [0.15, 0.2) is 0 Å². The van der Waals surface area contributed by atoms with Crippen LogP contribution >= 0.6 is 0 Å². The molecule has 0 amide bonds. The van der Waals surface area contributed by atoms with E-state index < -0.39 is 5.60 Å². The Morgan fingerprint density at radius 3 is 2.88 bits per heavy atom. The number of hydrogen-bond acceptors (Lipinski definition) is 3. The number of hydrogen-bond donors (Lipinski definition) is 1. The van der Waals surface area contributed by atoms with Crippen LogP contribution in [0.5, 0.6) is 0 Å². The molecule has 0 fully saturated rings. The first-order chi connectivity index (χ1) is 8.08. The average molecular weight is 232 g/mol. The van der Waals surface area contributed by atoms with Crippen LogP contribution in [-0.4, -0.2) is 36.7 Å². The van der Waals surface area contributed by atoms with Crippen molar-refractivity contribution in [2.45, 2.75) is 25.5 Å². The smallest absolute Gasteiger partial charge is 0.0905 e. The number of aliphatic hydroxyl groups is 1. The Morgan fingerprint density at radius 1 is 1.24 bits per heavy atom. The van der Waals surface area contributed by atoms with Crippen molar-refractivity contribution >= 4 is 5.69 Å². The highest BCUT2D eigenvalue weighted by atomic mass is 16.3. The molecule has 1 N–H and O–H groups in total. The lowest BCUT2D eigenvalue weighted by atomic mass is 9.85. The molecule has 0 aliphatic carbocycles. The first-order valence-corrected chi connectivity index (χ1v) is 6.36. The van der Waals surface area contributed by atoms with Crippen molar-refractivity contribution in [2.75, 3.05) is 31.6 Å². The van der Waals surface area contributed by atoms with Gasteiger partial charge in [0.25, 0.3) is 0 Å². The zero-order chi connectivity index (χ0) is 12.0. The standard InChI is InChI=1S/C14H20N2O/c1-14(17)6-7-16-9-8-15(2)10-11-4-3-5-12(14)13(11)16/h3-5,17H,6-10H2,1-2H3. The summed E-state index contributed by atoms with van der Waals surface area (Å²) in [5.41, 5.74) is 3.08. The van der Waals surface area contributed by atoms with Crippen molar-refractivity contribution in [1.29, 1.82) is 0 Å². The second kappa shape index (κ2) is 3.72. The molecule has 1 aromatic rings. The van der Waals surface area contributed by atoms with Crippen molar-refractivity contribution in [3.63, 3.8) is 0 Å². The van der Waals surface area contributed by atoms with Gasteiger partial charge in [0.1, 0.15) is 0 Å². The first kappa shape index (κ1) is 11.1. The zero-order valence-electron chi connectivity index (χ0n) is 10.6. The maximum absolute atomic E-state index is 10.5. The van der Waals surface area contributed by atoms with Crippen LogP contribution in [0.2, 0.25) is 0 Å². The van der Waals surface area contributed by atoms with E-state index in [1.165, 1.54) is 11.3 Å². The van der Waals surface area contributed by atoms with Crippen molar-refractivity contribution in [1.82, 2.24) is 4.90 Å². The molecule has 2 heterocycles. The summed E-state index contributed by atoms with van der Waals surface area (Å²) in [6.45, 7) is 6.04. The summed E-state index contributed by atoms with van der Waals surface area (Å²) in [7, 11) is 2.16. The number of anilines is 1. The lowest BCUT2D eigenvalue weighted by Gasteiger charge is -2.39. The van der Waals surface area contributed by atoms with Crippen LogP contribution < -0.4 is 4.90 Å². The van der Waals surface area contributed by atoms with Gasteiger partial charge in [-0.15, -0.1) is 0 Å². The van der Waals surface area contributed by atoms with E-state index in [1.54, 1.807) is 0 Å². The molecule has 2 aliphatic heterocycles. The van der Waals surface area contributed by atoms with Gasteiger partial charge < -0.3 is 14.9 Å². The Labute approximate surface area is 103 Å². The third kappa shape index (κ3) is 1.74. The summed E-state index contributed by atoms with van der Waals surface area (Å²) in [5, 5.41) is 10.5. The zero-order valence-corrected chi connectivity index (χ0v) is 10.6. The van der Waals surface area contributed by atoms with Crippen molar-refractivity contribution in [2.24, 2.45) is 0 Å². The highest BCUT2D eigenvalue weighted by Gasteiger charge is 2.35. The predicted octanol–water partition coefficient (Wildman–Crippen LogP) is 1.55. The first-order valence-electron chi connectivity index (χ1n) is 6.36. The fourth-order valence-electron chi connectivity index (χ4n) is 3.01. The highest BCUT2D eigenvalue weighted by Crippen LogP contribution is 2.41. The Bertz CT molecular complexity index is 442. The molecule has 2 aliphatic rings. The number of benzene rings is 1. The summed E-state index contributed by atoms with van der Waals surface area (Å²) in [6.07, 6.45) is 0.827. The van der Waals surface area contributed by atoms with Gasteiger partial charge in [-0.2, -0.15) is 0 Å². The molecule has 3 heteroatoms. The normalized spacial score (nSPS) is 28.8. The Morgan fingerprint density at radius 2 is 2.06 bits per heavy atom. The van der Waals surface area contributed by atoms with E-state index in [-0.39, 0.29) is 0 Å². The molecule has 3 nitrogen and oxygen atoms in total. The minimum absolute atomic E-state index is 0.662. The van der Waals surface area contributed by atoms with Gasteiger partial charge in [0.05, 0.1) is 5.60 Å². The second-order valence-corrected chi connectivity index (χ2v) is 5.56. The number of nitrogens with zero attached hydrogens (tertiary/aromatic N) is 2. The lowest BCUT2D eigenvalue weighted by molar-refractivity contribution is 0.0456. The maximum Gasteiger partial charge on any atom is 0.0905 e. The van der Waals surface area contributed by atoms with E-state index in [9.17, 15) is 5.11 Å². The van der Waals surface area contributed by atoms with E-state index in [0.29, 0.717) is 0 Å². The van der Waals surface area contributed by atoms with Gasteiger partial charge in [0.2, 0.25) is 0 Å². The van der Waals surface area contributed by atoms with E-state index in [4.69, 9.17) is 0 Å². The van der Waals surface area contributed by atoms with Crippen LogP contribution in [0.1, 0.15) is 24.5 Å². The average Bonchev–Trinajstić information content (AvgIpc) is 2.44. The van der Waals surface area contributed by atoms with Crippen molar-refractivity contribution in [3.05, 3.63) is 29.3 Å². The molecule has 0 bridgehead atoms. The molecule has 0 aromatic heterocycles. The van der Waals surface area contributed by atoms with Gasteiger partial charge in [-0.05, 0) is 26.0 Å². The minimum atomic E-state index is -0.662. The predicted molar refractivity (Wildman–Crippen MR) is 69.2 cm³/mol. The second-order valence-electron chi connectivity index (χ2n) is 5.56. The molecule has 3 rings (SSSR count). The Kier molecular flexibility index (Phi) is 2.42. The van der Waals surface area contributed by atoms with Gasteiger partial charge >= 0.3 is 0 Å². The largest absolute Gasteiger partial charge is 0.385 e. The Balaban J connectivity index is 2.17. The Hall–Kier alpha value is -1.06.